The predicted molar refractivity (Wildman–Crippen MR) is 76.2 cm³/mol. The van der Waals surface area contributed by atoms with E-state index in [2.05, 4.69) is 34.2 Å². The lowest BCUT2D eigenvalue weighted by molar-refractivity contribution is 0.109. The summed E-state index contributed by atoms with van der Waals surface area (Å²) in [7, 11) is 0. The third-order valence-electron chi connectivity index (χ3n) is 3.07. The standard InChI is InChI=1S/C14H20BrNO2/c1-11-9-12(15)4-5-14(11)18-8-6-16-10-13-3-2-7-17-13/h4-5,9,13,16H,2-3,6-8,10H2,1H3. The summed E-state index contributed by atoms with van der Waals surface area (Å²) in [6.07, 6.45) is 2.78. The summed E-state index contributed by atoms with van der Waals surface area (Å²) in [6, 6.07) is 6.07. The molecule has 0 aliphatic carbocycles. The molecule has 1 saturated heterocycles. The van der Waals surface area contributed by atoms with Gasteiger partial charge in [-0.05, 0) is 43.5 Å². The quantitative estimate of drug-likeness (QED) is 0.819. The Kier molecular flexibility index (Phi) is 5.47. The van der Waals surface area contributed by atoms with Gasteiger partial charge in [0, 0.05) is 24.2 Å². The first-order valence-electron chi connectivity index (χ1n) is 6.47. The average Bonchev–Trinajstić information content (AvgIpc) is 2.84. The Hall–Kier alpha value is -0.580. The normalized spacial score (nSPS) is 19.1. The lowest BCUT2D eigenvalue weighted by Crippen LogP contribution is -2.29. The first-order valence-corrected chi connectivity index (χ1v) is 7.26. The van der Waals surface area contributed by atoms with Gasteiger partial charge in [-0.2, -0.15) is 0 Å². The molecule has 0 amide bonds. The first-order chi connectivity index (χ1) is 8.75. The molecule has 0 aromatic heterocycles. The van der Waals surface area contributed by atoms with E-state index in [1.807, 2.05) is 12.1 Å². The lowest BCUT2D eigenvalue weighted by Gasteiger charge is -2.12. The molecule has 18 heavy (non-hydrogen) atoms. The first kappa shape index (κ1) is 13.8. The van der Waals surface area contributed by atoms with Gasteiger partial charge in [0.15, 0.2) is 0 Å². The second-order valence-electron chi connectivity index (χ2n) is 4.60. The zero-order valence-electron chi connectivity index (χ0n) is 10.7. The minimum Gasteiger partial charge on any atom is -0.492 e. The second kappa shape index (κ2) is 7.12. The molecule has 3 nitrogen and oxygen atoms in total. The highest BCUT2D eigenvalue weighted by Gasteiger charge is 2.14. The van der Waals surface area contributed by atoms with Gasteiger partial charge in [-0.1, -0.05) is 15.9 Å². The molecule has 1 N–H and O–H groups in total. The Morgan fingerprint density at radius 2 is 2.39 bits per heavy atom. The van der Waals surface area contributed by atoms with Gasteiger partial charge < -0.3 is 14.8 Å². The number of hydrogen-bond donors (Lipinski definition) is 1. The Balaban J connectivity index is 1.62. The highest BCUT2D eigenvalue weighted by molar-refractivity contribution is 9.10. The van der Waals surface area contributed by atoms with Crippen molar-refractivity contribution < 1.29 is 9.47 Å². The number of halogens is 1. The van der Waals surface area contributed by atoms with Gasteiger partial charge >= 0.3 is 0 Å². The number of nitrogens with one attached hydrogen (secondary N) is 1. The summed E-state index contributed by atoms with van der Waals surface area (Å²) in [6.45, 7) is 5.45. The predicted octanol–water partition coefficient (Wildman–Crippen LogP) is 2.90. The van der Waals surface area contributed by atoms with E-state index in [0.717, 1.165) is 35.5 Å². The van der Waals surface area contributed by atoms with E-state index in [1.54, 1.807) is 0 Å². The number of rotatable bonds is 6. The van der Waals surface area contributed by atoms with Crippen molar-refractivity contribution in [2.75, 3.05) is 26.3 Å². The van der Waals surface area contributed by atoms with Gasteiger partial charge in [0.25, 0.3) is 0 Å². The van der Waals surface area contributed by atoms with Crippen molar-refractivity contribution in [1.82, 2.24) is 5.32 Å². The highest BCUT2D eigenvalue weighted by Crippen LogP contribution is 2.21. The zero-order chi connectivity index (χ0) is 12.8. The molecule has 1 unspecified atom stereocenters. The molecule has 1 aromatic carbocycles. The van der Waals surface area contributed by atoms with Gasteiger partial charge in [0.05, 0.1) is 6.10 Å². The molecule has 1 aliphatic rings. The van der Waals surface area contributed by atoms with E-state index in [0.29, 0.717) is 12.7 Å². The van der Waals surface area contributed by atoms with Crippen LogP contribution in [0, 0.1) is 6.92 Å². The van der Waals surface area contributed by atoms with Crippen LogP contribution in [0.25, 0.3) is 0 Å². The van der Waals surface area contributed by atoms with Crippen LogP contribution in [0.2, 0.25) is 0 Å². The van der Waals surface area contributed by atoms with Crippen molar-refractivity contribution in [3.63, 3.8) is 0 Å². The van der Waals surface area contributed by atoms with Crippen LogP contribution in [-0.4, -0.2) is 32.4 Å². The monoisotopic (exact) mass is 313 g/mol. The molecule has 1 aromatic rings. The average molecular weight is 314 g/mol. The van der Waals surface area contributed by atoms with Crippen LogP contribution in [0.1, 0.15) is 18.4 Å². The maximum absolute atomic E-state index is 5.73. The summed E-state index contributed by atoms with van der Waals surface area (Å²) >= 11 is 3.45. The van der Waals surface area contributed by atoms with E-state index >= 15 is 0 Å². The van der Waals surface area contributed by atoms with E-state index in [9.17, 15) is 0 Å². The van der Waals surface area contributed by atoms with Crippen molar-refractivity contribution in [1.29, 1.82) is 0 Å². The van der Waals surface area contributed by atoms with E-state index in [-0.39, 0.29) is 0 Å². The second-order valence-corrected chi connectivity index (χ2v) is 5.51. The molecule has 0 saturated carbocycles. The van der Waals surface area contributed by atoms with Crippen LogP contribution < -0.4 is 10.1 Å². The fraction of sp³-hybridized carbons (Fsp3) is 0.571. The van der Waals surface area contributed by atoms with Crippen molar-refractivity contribution in [3.8, 4) is 5.75 Å². The van der Waals surface area contributed by atoms with Crippen LogP contribution in [0.4, 0.5) is 0 Å². The van der Waals surface area contributed by atoms with Gasteiger partial charge in [0.1, 0.15) is 12.4 Å². The smallest absolute Gasteiger partial charge is 0.122 e. The maximum Gasteiger partial charge on any atom is 0.122 e. The maximum atomic E-state index is 5.73. The third kappa shape index (κ3) is 4.26. The van der Waals surface area contributed by atoms with Crippen molar-refractivity contribution in [3.05, 3.63) is 28.2 Å². The van der Waals surface area contributed by atoms with E-state index < -0.39 is 0 Å². The molecule has 0 spiro atoms. The van der Waals surface area contributed by atoms with Crippen LogP contribution in [-0.2, 0) is 4.74 Å². The highest BCUT2D eigenvalue weighted by atomic mass is 79.9. The third-order valence-corrected chi connectivity index (χ3v) is 3.56. The minimum absolute atomic E-state index is 0.402. The summed E-state index contributed by atoms with van der Waals surface area (Å²) in [5, 5.41) is 3.37. The molecule has 1 fully saturated rings. The molecular formula is C14H20BrNO2. The summed E-state index contributed by atoms with van der Waals surface area (Å²) in [5.74, 6) is 0.956. The molecule has 4 heteroatoms. The summed E-state index contributed by atoms with van der Waals surface area (Å²) < 4.78 is 12.4. The van der Waals surface area contributed by atoms with E-state index in [1.165, 1.54) is 12.8 Å². The van der Waals surface area contributed by atoms with Crippen LogP contribution in [0.5, 0.6) is 5.75 Å². The van der Waals surface area contributed by atoms with Crippen molar-refractivity contribution in [2.45, 2.75) is 25.9 Å². The number of aryl methyl sites for hydroxylation is 1. The van der Waals surface area contributed by atoms with Gasteiger partial charge in [-0.3, -0.25) is 0 Å². The Labute approximate surface area is 117 Å². The molecule has 2 rings (SSSR count). The Morgan fingerprint density at radius 3 is 3.11 bits per heavy atom. The number of benzene rings is 1. The number of hydrogen-bond acceptors (Lipinski definition) is 3. The van der Waals surface area contributed by atoms with Crippen LogP contribution in [0.3, 0.4) is 0 Å². The summed E-state index contributed by atoms with van der Waals surface area (Å²) in [4.78, 5) is 0. The number of ether oxygens (including phenoxy) is 2. The van der Waals surface area contributed by atoms with Crippen LogP contribution >= 0.6 is 15.9 Å². The molecule has 1 heterocycles. The molecule has 100 valence electrons. The van der Waals surface area contributed by atoms with Crippen LogP contribution in [0.15, 0.2) is 22.7 Å². The zero-order valence-corrected chi connectivity index (χ0v) is 12.3. The molecular weight excluding hydrogens is 294 g/mol. The molecule has 1 atom stereocenters. The van der Waals surface area contributed by atoms with Gasteiger partial charge in [0.2, 0.25) is 0 Å². The molecule has 0 radical (unpaired) electrons. The molecule has 1 aliphatic heterocycles. The van der Waals surface area contributed by atoms with Gasteiger partial charge in [-0.15, -0.1) is 0 Å². The SMILES string of the molecule is Cc1cc(Br)ccc1OCCNCC1CCCO1. The fourth-order valence-electron chi connectivity index (χ4n) is 2.08. The molecule has 0 bridgehead atoms. The largest absolute Gasteiger partial charge is 0.492 e. The van der Waals surface area contributed by atoms with E-state index in [4.69, 9.17) is 9.47 Å². The van der Waals surface area contributed by atoms with Crippen molar-refractivity contribution in [2.24, 2.45) is 0 Å². The minimum atomic E-state index is 0.402. The Morgan fingerprint density at radius 1 is 1.50 bits per heavy atom. The topological polar surface area (TPSA) is 30.5 Å². The summed E-state index contributed by atoms with van der Waals surface area (Å²) in [5.41, 5.74) is 1.16. The van der Waals surface area contributed by atoms with Crippen molar-refractivity contribution >= 4 is 15.9 Å². The Bertz CT molecular complexity index is 378. The fourth-order valence-corrected chi connectivity index (χ4v) is 2.55. The lowest BCUT2D eigenvalue weighted by atomic mass is 10.2. The van der Waals surface area contributed by atoms with Gasteiger partial charge in [-0.25, -0.2) is 0 Å².